The molecular formula is C16H18Cl2N4. The van der Waals surface area contributed by atoms with Gasteiger partial charge in [-0.2, -0.15) is 0 Å². The van der Waals surface area contributed by atoms with Crippen molar-refractivity contribution < 1.29 is 0 Å². The van der Waals surface area contributed by atoms with Crippen LogP contribution in [0.5, 0.6) is 0 Å². The third-order valence-corrected chi connectivity index (χ3v) is 4.67. The largest absolute Gasteiger partial charge is 0.354 e. The number of benzene rings is 1. The second-order valence-corrected chi connectivity index (χ2v) is 6.36. The maximum absolute atomic E-state index is 6.08. The third kappa shape index (κ3) is 3.51. The van der Waals surface area contributed by atoms with E-state index >= 15 is 0 Å². The number of aryl methyl sites for hydroxylation is 1. The average Bonchev–Trinajstić information content (AvgIpc) is 2.52. The van der Waals surface area contributed by atoms with Gasteiger partial charge in [0.2, 0.25) is 0 Å². The van der Waals surface area contributed by atoms with Gasteiger partial charge in [-0.1, -0.05) is 29.3 Å². The third-order valence-electron chi connectivity index (χ3n) is 3.93. The maximum Gasteiger partial charge on any atom is 0.134 e. The van der Waals surface area contributed by atoms with Gasteiger partial charge in [-0.05, 0) is 24.6 Å². The van der Waals surface area contributed by atoms with E-state index < -0.39 is 0 Å². The Hall–Kier alpha value is -1.36. The van der Waals surface area contributed by atoms with Gasteiger partial charge in [0, 0.05) is 44.5 Å². The Morgan fingerprint density at radius 3 is 2.55 bits per heavy atom. The average molecular weight is 337 g/mol. The molecule has 2 heterocycles. The van der Waals surface area contributed by atoms with Gasteiger partial charge < -0.3 is 4.90 Å². The second kappa shape index (κ2) is 6.82. The Kier molecular flexibility index (Phi) is 4.81. The minimum absolute atomic E-state index is 0.606. The van der Waals surface area contributed by atoms with Gasteiger partial charge in [0.05, 0.1) is 10.0 Å². The highest BCUT2D eigenvalue weighted by Crippen LogP contribution is 2.24. The van der Waals surface area contributed by atoms with E-state index in [-0.39, 0.29) is 0 Å². The van der Waals surface area contributed by atoms with Gasteiger partial charge in [0.25, 0.3) is 0 Å². The van der Waals surface area contributed by atoms with E-state index in [0.717, 1.165) is 44.1 Å². The monoisotopic (exact) mass is 336 g/mol. The molecular weight excluding hydrogens is 319 g/mol. The molecule has 1 fully saturated rings. The fourth-order valence-corrected chi connectivity index (χ4v) is 3.06. The predicted octanol–water partition coefficient (Wildman–Crippen LogP) is 3.41. The number of piperazine rings is 1. The summed E-state index contributed by atoms with van der Waals surface area (Å²) < 4.78 is 0. The van der Waals surface area contributed by atoms with E-state index in [0.29, 0.717) is 10.0 Å². The Balaban J connectivity index is 1.60. The Bertz CT molecular complexity index is 654. The molecule has 0 atom stereocenters. The van der Waals surface area contributed by atoms with Crippen LogP contribution in [0.25, 0.3) is 0 Å². The standard InChI is InChI=1S/C16H18Cl2N4/c1-12-9-19-11-20-16(12)22-6-4-21(5-7-22)10-13-2-3-14(17)15(18)8-13/h2-3,8-9,11H,4-7,10H2,1H3. The zero-order chi connectivity index (χ0) is 15.5. The van der Waals surface area contributed by atoms with Gasteiger partial charge in [-0.3, -0.25) is 4.90 Å². The molecule has 0 spiro atoms. The van der Waals surface area contributed by atoms with Crippen LogP contribution >= 0.6 is 23.2 Å². The Morgan fingerprint density at radius 2 is 1.86 bits per heavy atom. The number of aromatic nitrogens is 2. The highest BCUT2D eigenvalue weighted by Gasteiger charge is 2.19. The van der Waals surface area contributed by atoms with Crippen molar-refractivity contribution in [2.45, 2.75) is 13.5 Å². The summed E-state index contributed by atoms with van der Waals surface area (Å²) in [5.74, 6) is 1.05. The summed E-state index contributed by atoms with van der Waals surface area (Å²) >= 11 is 12.0. The lowest BCUT2D eigenvalue weighted by atomic mass is 10.2. The zero-order valence-corrected chi connectivity index (χ0v) is 14.0. The number of rotatable bonds is 3. The van der Waals surface area contributed by atoms with Crippen molar-refractivity contribution >= 4 is 29.0 Å². The van der Waals surface area contributed by atoms with Crippen molar-refractivity contribution in [3.63, 3.8) is 0 Å². The number of hydrogen-bond acceptors (Lipinski definition) is 4. The van der Waals surface area contributed by atoms with Crippen LogP contribution in [-0.2, 0) is 6.54 Å². The van der Waals surface area contributed by atoms with E-state index in [2.05, 4.69) is 26.7 Å². The number of nitrogens with zero attached hydrogens (tertiary/aromatic N) is 4. The molecule has 1 saturated heterocycles. The molecule has 0 N–H and O–H groups in total. The molecule has 1 aliphatic rings. The number of hydrogen-bond donors (Lipinski definition) is 0. The molecule has 0 amide bonds. The molecule has 1 aromatic carbocycles. The van der Waals surface area contributed by atoms with Gasteiger partial charge in [0.1, 0.15) is 12.1 Å². The van der Waals surface area contributed by atoms with E-state index in [4.69, 9.17) is 23.2 Å². The summed E-state index contributed by atoms with van der Waals surface area (Å²) in [6, 6.07) is 5.85. The number of anilines is 1. The molecule has 1 aromatic heterocycles. The lowest BCUT2D eigenvalue weighted by Gasteiger charge is -2.35. The van der Waals surface area contributed by atoms with Gasteiger partial charge in [-0.25, -0.2) is 9.97 Å². The van der Waals surface area contributed by atoms with Gasteiger partial charge >= 0.3 is 0 Å². The molecule has 0 radical (unpaired) electrons. The highest BCUT2D eigenvalue weighted by atomic mass is 35.5. The first-order chi connectivity index (χ1) is 10.6. The highest BCUT2D eigenvalue weighted by molar-refractivity contribution is 6.42. The molecule has 3 rings (SSSR count). The van der Waals surface area contributed by atoms with Crippen LogP contribution in [0, 0.1) is 6.92 Å². The summed E-state index contributed by atoms with van der Waals surface area (Å²) in [6.45, 7) is 6.90. The Morgan fingerprint density at radius 1 is 1.09 bits per heavy atom. The minimum atomic E-state index is 0.606. The fourth-order valence-electron chi connectivity index (χ4n) is 2.74. The molecule has 0 unspecified atom stereocenters. The summed E-state index contributed by atoms with van der Waals surface area (Å²) in [6.07, 6.45) is 3.48. The van der Waals surface area contributed by atoms with Crippen molar-refractivity contribution in [2.75, 3.05) is 31.1 Å². The minimum Gasteiger partial charge on any atom is -0.354 e. The van der Waals surface area contributed by atoms with Crippen LogP contribution in [0.2, 0.25) is 10.0 Å². The van der Waals surface area contributed by atoms with Crippen molar-refractivity contribution in [3.8, 4) is 0 Å². The van der Waals surface area contributed by atoms with Gasteiger partial charge in [0.15, 0.2) is 0 Å². The maximum atomic E-state index is 6.08. The molecule has 0 aliphatic carbocycles. The van der Waals surface area contributed by atoms with Crippen molar-refractivity contribution in [1.82, 2.24) is 14.9 Å². The van der Waals surface area contributed by atoms with E-state index in [9.17, 15) is 0 Å². The molecule has 2 aromatic rings. The fraction of sp³-hybridized carbons (Fsp3) is 0.375. The number of halogens is 2. The summed E-state index contributed by atoms with van der Waals surface area (Å²) in [7, 11) is 0. The summed E-state index contributed by atoms with van der Waals surface area (Å²) in [4.78, 5) is 13.2. The topological polar surface area (TPSA) is 32.3 Å². The zero-order valence-electron chi connectivity index (χ0n) is 12.5. The first-order valence-electron chi connectivity index (χ1n) is 7.31. The van der Waals surface area contributed by atoms with Crippen LogP contribution < -0.4 is 4.90 Å². The van der Waals surface area contributed by atoms with Crippen molar-refractivity contribution in [1.29, 1.82) is 0 Å². The first-order valence-corrected chi connectivity index (χ1v) is 8.07. The molecule has 22 heavy (non-hydrogen) atoms. The quantitative estimate of drug-likeness (QED) is 0.859. The summed E-state index contributed by atoms with van der Waals surface area (Å²) in [5.41, 5.74) is 2.32. The van der Waals surface area contributed by atoms with Crippen LogP contribution in [0.1, 0.15) is 11.1 Å². The van der Waals surface area contributed by atoms with Crippen molar-refractivity contribution in [3.05, 3.63) is 51.9 Å². The van der Waals surface area contributed by atoms with E-state index in [1.807, 2.05) is 24.4 Å². The van der Waals surface area contributed by atoms with E-state index in [1.54, 1.807) is 6.33 Å². The normalized spacial score (nSPS) is 16.0. The lowest BCUT2D eigenvalue weighted by Crippen LogP contribution is -2.46. The van der Waals surface area contributed by atoms with Crippen LogP contribution in [0.4, 0.5) is 5.82 Å². The molecule has 116 valence electrons. The SMILES string of the molecule is Cc1cncnc1N1CCN(Cc2ccc(Cl)c(Cl)c2)CC1. The molecule has 0 bridgehead atoms. The molecule has 0 saturated carbocycles. The smallest absolute Gasteiger partial charge is 0.134 e. The van der Waals surface area contributed by atoms with Crippen molar-refractivity contribution in [2.24, 2.45) is 0 Å². The predicted molar refractivity (Wildman–Crippen MR) is 90.7 cm³/mol. The molecule has 6 heteroatoms. The second-order valence-electron chi connectivity index (χ2n) is 5.54. The van der Waals surface area contributed by atoms with Crippen LogP contribution in [0.3, 0.4) is 0 Å². The molecule has 1 aliphatic heterocycles. The van der Waals surface area contributed by atoms with Gasteiger partial charge in [-0.15, -0.1) is 0 Å². The molecule has 4 nitrogen and oxygen atoms in total. The van der Waals surface area contributed by atoms with Crippen LogP contribution in [-0.4, -0.2) is 41.0 Å². The van der Waals surface area contributed by atoms with E-state index in [1.165, 1.54) is 5.56 Å². The first kappa shape index (κ1) is 15.5. The lowest BCUT2D eigenvalue weighted by molar-refractivity contribution is 0.249. The van der Waals surface area contributed by atoms with Crippen LogP contribution in [0.15, 0.2) is 30.7 Å². The summed E-state index contributed by atoms with van der Waals surface area (Å²) in [5, 5.41) is 1.23. The Labute approximate surface area is 140 Å².